The predicted octanol–water partition coefficient (Wildman–Crippen LogP) is 2.95. The van der Waals surface area contributed by atoms with E-state index in [1.807, 2.05) is 25.1 Å². The number of nitrogens with one attached hydrogen (secondary N) is 3. The van der Waals surface area contributed by atoms with Crippen molar-refractivity contribution in [3.8, 4) is 0 Å². The minimum absolute atomic E-state index is 0.110. The Morgan fingerprint density at radius 1 is 1.25 bits per heavy atom. The van der Waals surface area contributed by atoms with E-state index >= 15 is 0 Å². The molecule has 3 N–H and O–H groups in total. The topological polar surface area (TPSA) is 108 Å². The maximum atomic E-state index is 12.2. The van der Waals surface area contributed by atoms with Crippen molar-refractivity contribution in [2.75, 3.05) is 5.32 Å². The van der Waals surface area contributed by atoms with Gasteiger partial charge in [-0.1, -0.05) is 23.7 Å². The summed E-state index contributed by atoms with van der Waals surface area (Å²) in [5, 5.41) is 3.98. The Kier molecular flexibility index (Phi) is 6.11. The predicted molar refractivity (Wildman–Crippen MR) is 110 cm³/mol. The second-order valence-electron chi connectivity index (χ2n) is 6.45. The standard InChI is InChI=1S/C19H19ClN4O3S/c1-10-3-4-12(8-15(10)20)7-13-9-21-19(28-13)23-16(25)6-5-14-11(2)22-18(27)24-17(14)26/h3-4,8-9H,5-7H2,1-2H3,(H,21,23,25)(H2,22,24,26,27). The van der Waals surface area contributed by atoms with Crippen LogP contribution >= 0.6 is 22.9 Å². The number of carbonyl (C=O) groups excluding carboxylic acids is 1. The lowest BCUT2D eigenvalue weighted by atomic mass is 10.1. The van der Waals surface area contributed by atoms with E-state index in [2.05, 4.69) is 20.3 Å². The molecule has 0 unspecified atom stereocenters. The lowest BCUT2D eigenvalue weighted by Crippen LogP contribution is -2.27. The Bertz CT molecular complexity index is 1130. The van der Waals surface area contributed by atoms with Gasteiger partial charge in [0, 0.05) is 40.2 Å². The molecule has 0 atom stereocenters. The first-order valence-corrected chi connectivity index (χ1v) is 9.83. The number of amides is 1. The highest BCUT2D eigenvalue weighted by molar-refractivity contribution is 7.15. The van der Waals surface area contributed by atoms with Crippen molar-refractivity contribution in [2.45, 2.75) is 33.1 Å². The van der Waals surface area contributed by atoms with E-state index in [4.69, 9.17) is 11.6 Å². The maximum Gasteiger partial charge on any atom is 0.325 e. The molecule has 0 fully saturated rings. The van der Waals surface area contributed by atoms with Gasteiger partial charge in [-0.05, 0) is 37.5 Å². The van der Waals surface area contributed by atoms with Crippen LogP contribution < -0.4 is 16.6 Å². The molecular formula is C19H19ClN4O3S. The average molecular weight is 419 g/mol. The molecule has 0 radical (unpaired) electrons. The third-order valence-corrected chi connectivity index (χ3v) is 5.59. The normalized spacial score (nSPS) is 10.8. The van der Waals surface area contributed by atoms with Crippen LogP contribution in [0.25, 0.3) is 0 Å². The highest BCUT2D eigenvalue weighted by Crippen LogP contribution is 2.24. The van der Waals surface area contributed by atoms with Crippen molar-refractivity contribution in [1.82, 2.24) is 15.0 Å². The molecule has 1 amide bonds. The Morgan fingerprint density at radius 3 is 2.75 bits per heavy atom. The molecule has 2 heterocycles. The molecule has 9 heteroatoms. The van der Waals surface area contributed by atoms with Crippen LogP contribution in [0.2, 0.25) is 5.02 Å². The second kappa shape index (κ2) is 8.53. The van der Waals surface area contributed by atoms with Crippen LogP contribution in [0.4, 0.5) is 5.13 Å². The molecular weight excluding hydrogens is 400 g/mol. The maximum absolute atomic E-state index is 12.2. The van der Waals surface area contributed by atoms with Crippen LogP contribution in [0, 0.1) is 13.8 Å². The van der Waals surface area contributed by atoms with Crippen LogP contribution in [0.15, 0.2) is 34.0 Å². The van der Waals surface area contributed by atoms with Crippen molar-refractivity contribution in [3.63, 3.8) is 0 Å². The summed E-state index contributed by atoms with van der Waals surface area (Å²) in [4.78, 5) is 45.1. The number of benzene rings is 1. The van der Waals surface area contributed by atoms with Gasteiger partial charge in [-0.15, -0.1) is 11.3 Å². The molecule has 0 saturated carbocycles. The van der Waals surface area contributed by atoms with Gasteiger partial charge >= 0.3 is 5.69 Å². The largest absolute Gasteiger partial charge is 0.325 e. The Balaban J connectivity index is 1.59. The highest BCUT2D eigenvalue weighted by atomic mass is 35.5. The van der Waals surface area contributed by atoms with E-state index in [1.165, 1.54) is 11.3 Å². The van der Waals surface area contributed by atoms with Crippen molar-refractivity contribution in [1.29, 1.82) is 0 Å². The van der Waals surface area contributed by atoms with Gasteiger partial charge in [0.15, 0.2) is 5.13 Å². The van der Waals surface area contributed by atoms with E-state index in [1.54, 1.807) is 13.1 Å². The second-order valence-corrected chi connectivity index (χ2v) is 7.97. The highest BCUT2D eigenvalue weighted by Gasteiger charge is 2.11. The summed E-state index contributed by atoms with van der Waals surface area (Å²) >= 11 is 7.55. The first-order chi connectivity index (χ1) is 13.3. The monoisotopic (exact) mass is 418 g/mol. The van der Waals surface area contributed by atoms with Crippen LogP contribution in [0.5, 0.6) is 0 Å². The molecule has 0 saturated heterocycles. The van der Waals surface area contributed by atoms with Gasteiger partial charge in [0.2, 0.25) is 5.91 Å². The Morgan fingerprint density at radius 2 is 2.04 bits per heavy atom. The van der Waals surface area contributed by atoms with Crippen molar-refractivity contribution < 1.29 is 4.79 Å². The number of hydrogen-bond acceptors (Lipinski definition) is 5. The zero-order valence-corrected chi connectivity index (χ0v) is 17.0. The number of aromatic nitrogens is 3. The number of aromatic amines is 2. The summed E-state index contributed by atoms with van der Waals surface area (Å²) in [5.41, 5.74) is 1.94. The number of nitrogens with zero attached hydrogens (tertiary/aromatic N) is 1. The first kappa shape index (κ1) is 20.0. The molecule has 3 aromatic rings. The van der Waals surface area contributed by atoms with Crippen molar-refractivity contribution >= 4 is 34.0 Å². The van der Waals surface area contributed by atoms with Crippen LogP contribution in [0.3, 0.4) is 0 Å². The van der Waals surface area contributed by atoms with Crippen LogP contribution in [0.1, 0.15) is 33.7 Å². The number of anilines is 1. The number of carbonyl (C=O) groups is 1. The lowest BCUT2D eigenvalue weighted by Gasteiger charge is -2.04. The van der Waals surface area contributed by atoms with Gasteiger partial charge in [0.25, 0.3) is 5.56 Å². The molecule has 0 spiro atoms. The molecule has 0 aliphatic carbocycles. The Hall–Kier alpha value is -2.71. The van der Waals surface area contributed by atoms with E-state index in [0.29, 0.717) is 22.8 Å². The quantitative estimate of drug-likeness (QED) is 0.571. The lowest BCUT2D eigenvalue weighted by molar-refractivity contribution is -0.116. The number of rotatable bonds is 6. The molecule has 0 aliphatic heterocycles. The Labute approximate surface area is 169 Å². The van der Waals surface area contributed by atoms with Gasteiger partial charge in [-0.3, -0.25) is 14.6 Å². The van der Waals surface area contributed by atoms with Crippen LogP contribution in [-0.2, 0) is 17.6 Å². The fourth-order valence-corrected chi connectivity index (χ4v) is 3.81. The zero-order valence-electron chi connectivity index (χ0n) is 15.4. The van der Waals surface area contributed by atoms with Gasteiger partial charge < -0.3 is 10.3 Å². The van der Waals surface area contributed by atoms with Gasteiger partial charge in [-0.2, -0.15) is 0 Å². The SMILES string of the molecule is Cc1ccc(Cc2cnc(NC(=O)CCc3c(C)[nH]c(=O)[nH]c3=O)s2)cc1Cl. The number of hydrogen-bond donors (Lipinski definition) is 3. The van der Waals surface area contributed by atoms with Gasteiger partial charge in [0.1, 0.15) is 0 Å². The molecule has 0 bridgehead atoms. The number of H-pyrrole nitrogens is 2. The number of halogens is 1. The van der Waals surface area contributed by atoms with Gasteiger partial charge in [-0.25, -0.2) is 9.78 Å². The van der Waals surface area contributed by atoms with Gasteiger partial charge in [0.05, 0.1) is 0 Å². The summed E-state index contributed by atoms with van der Waals surface area (Å²) in [5.74, 6) is -0.246. The minimum Gasteiger partial charge on any atom is -0.311 e. The molecule has 0 aliphatic rings. The number of thiazole rings is 1. The van der Waals surface area contributed by atoms with E-state index in [9.17, 15) is 14.4 Å². The van der Waals surface area contributed by atoms with Crippen molar-refractivity contribution in [3.05, 3.63) is 77.5 Å². The van der Waals surface area contributed by atoms with E-state index < -0.39 is 11.2 Å². The van der Waals surface area contributed by atoms with E-state index in [0.717, 1.165) is 21.0 Å². The molecule has 1 aromatic carbocycles. The molecule has 28 heavy (non-hydrogen) atoms. The minimum atomic E-state index is -0.555. The summed E-state index contributed by atoms with van der Waals surface area (Å²) in [6.45, 7) is 3.59. The summed E-state index contributed by atoms with van der Waals surface area (Å²) in [6, 6.07) is 5.92. The zero-order chi connectivity index (χ0) is 20.3. The molecule has 7 nitrogen and oxygen atoms in total. The number of aryl methyl sites for hydroxylation is 2. The smallest absolute Gasteiger partial charge is 0.311 e. The average Bonchev–Trinajstić information content (AvgIpc) is 3.04. The summed E-state index contributed by atoms with van der Waals surface area (Å²) in [7, 11) is 0. The third kappa shape index (κ3) is 4.96. The summed E-state index contributed by atoms with van der Waals surface area (Å²) in [6.07, 6.45) is 2.74. The molecule has 2 aromatic heterocycles. The molecule has 3 rings (SSSR count). The van der Waals surface area contributed by atoms with E-state index in [-0.39, 0.29) is 18.7 Å². The fourth-order valence-electron chi connectivity index (χ4n) is 2.74. The molecule has 146 valence electrons. The first-order valence-electron chi connectivity index (χ1n) is 8.63. The van der Waals surface area contributed by atoms with Crippen LogP contribution in [-0.4, -0.2) is 20.9 Å². The summed E-state index contributed by atoms with van der Waals surface area (Å²) < 4.78 is 0. The third-order valence-electron chi connectivity index (χ3n) is 4.27. The fraction of sp³-hybridized carbons (Fsp3) is 0.263. The van der Waals surface area contributed by atoms with Crippen molar-refractivity contribution in [2.24, 2.45) is 0 Å².